The summed E-state index contributed by atoms with van der Waals surface area (Å²) in [6.45, 7) is 3.42. The molecule has 3 rings (SSSR count). The lowest BCUT2D eigenvalue weighted by Gasteiger charge is -2.29. The van der Waals surface area contributed by atoms with Crippen molar-refractivity contribution in [1.29, 1.82) is 0 Å². The Morgan fingerprint density at radius 1 is 1.04 bits per heavy atom. The Morgan fingerprint density at radius 2 is 1.74 bits per heavy atom. The normalized spacial score (nSPS) is 23.5. The maximum absolute atomic E-state index is 12.6. The van der Waals surface area contributed by atoms with E-state index in [0.717, 1.165) is 38.8 Å². The zero-order valence-corrected chi connectivity index (χ0v) is 15.9. The number of likely N-dealkylation sites (tertiary alicyclic amines) is 1. The Morgan fingerprint density at radius 3 is 2.44 bits per heavy atom. The van der Waals surface area contributed by atoms with Crippen molar-refractivity contribution in [2.75, 3.05) is 13.1 Å². The number of nitrogens with one attached hydrogen (secondary N) is 2. The highest BCUT2D eigenvalue weighted by Crippen LogP contribution is 2.28. The van der Waals surface area contributed by atoms with E-state index in [9.17, 15) is 14.4 Å². The zero-order valence-electron chi connectivity index (χ0n) is 15.9. The van der Waals surface area contributed by atoms with E-state index < -0.39 is 6.04 Å². The Bertz CT molecular complexity index is 671. The predicted molar refractivity (Wildman–Crippen MR) is 103 cm³/mol. The number of carbonyl (C=O) groups is 3. The van der Waals surface area contributed by atoms with Crippen LogP contribution in [0.1, 0.15) is 55.8 Å². The molecule has 0 aromatic heterocycles. The van der Waals surface area contributed by atoms with Crippen molar-refractivity contribution in [3.8, 4) is 0 Å². The molecule has 2 N–H and O–H groups in total. The fourth-order valence-corrected chi connectivity index (χ4v) is 3.97. The van der Waals surface area contributed by atoms with Gasteiger partial charge in [0.2, 0.25) is 11.8 Å². The van der Waals surface area contributed by atoms with Gasteiger partial charge in [-0.05, 0) is 57.6 Å². The standard InChI is InChI=1S/C21H29N3O3/c1-15(22-20(26)16-8-4-2-5-9-16)19(25)23-18-11-10-17(14-18)21(27)24-12-6-3-7-13-24/h2,4-5,8-9,15,17-18H,3,6-7,10-14H2,1H3,(H,22,26)(H,23,25)/t15?,17-,18+/m1/s1. The van der Waals surface area contributed by atoms with E-state index in [4.69, 9.17) is 0 Å². The molecular formula is C21H29N3O3. The van der Waals surface area contributed by atoms with Gasteiger partial charge in [0.05, 0.1) is 0 Å². The Labute approximate surface area is 160 Å². The average molecular weight is 371 g/mol. The van der Waals surface area contributed by atoms with Crippen molar-refractivity contribution in [3.05, 3.63) is 35.9 Å². The van der Waals surface area contributed by atoms with E-state index in [-0.39, 0.29) is 29.7 Å². The van der Waals surface area contributed by atoms with Gasteiger partial charge in [0.25, 0.3) is 5.91 Å². The highest BCUT2D eigenvalue weighted by atomic mass is 16.2. The van der Waals surface area contributed by atoms with Crippen molar-refractivity contribution < 1.29 is 14.4 Å². The smallest absolute Gasteiger partial charge is 0.251 e. The molecule has 3 amide bonds. The van der Waals surface area contributed by atoms with Gasteiger partial charge in [-0.1, -0.05) is 18.2 Å². The highest BCUT2D eigenvalue weighted by molar-refractivity contribution is 5.97. The first-order valence-electron chi connectivity index (χ1n) is 9.99. The average Bonchev–Trinajstić information content (AvgIpc) is 3.17. The van der Waals surface area contributed by atoms with Crippen LogP contribution in [0.25, 0.3) is 0 Å². The summed E-state index contributed by atoms with van der Waals surface area (Å²) in [6, 6.07) is 8.24. The number of rotatable bonds is 5. The number of hydrogen-bond donors (Lipinski definition) is 2. The van der Waals surface area contributed by atoms with Crippen LogP contribution >= 0.6 is 0 Å². The van der Waals surface area contributed by atoms with Gasteiger partial charge in [-0.3, -0.25) is 14.4 Å². The molecule has 0 spiro atoms. The van der Waals surface area contributed by atoms with E-state index in [1.807, 2.05) is 11.0 Å². The van der Waals surface area contributed by atoms with Crippen LogP contribution in [0.2, 0.25) is 0 Å². The number of nitrogens with zero attached hydrogens (tertiary/aromatic N) is 1. The minimum Gasteiger partial charge on any atom is -0.352 e. The lowest BCUT2D eigenvalue weighted by Crippen LogP contribution is -2.47. The third-order valence-electron chi connectivity index (χ3n) is 5.57. The summed E-state index contributed by atoms with van der Waals surface area (Å²) in [7, 11) is 0. The Hall–Kier alpha value is -2.37. The van der Waals surface area contributed by atoms with Crippen LogP contribution in [0, 0.1) is 5.92 Å². The summed E-state index contributed by atoms with van der Waals surface area (Å²) in [4.78, 5) is 39.2. The second-order valence-corrected chi connectivity index (χ2v) is 7.66. The van der Waals surface area contributed by atoms with Crippen LogP contribution in [0.15, 0.2) is 30.3 Å². The SMILES string of the molecule is CC(NC(=O)c1ccccc1)C(=O)N[C@H]1CC[C@@H](C(=O)N2CCCCC2)C1. The van der Waals surface area contributed by atoms with Crippen molar-refractivity contribution in [1.82, 2.24) is 15.5 Å². The van der Waals surface area contributed by atoms with Crippen LogP contribution in [-0.2, 0) is 9.59 Å². The summed E-state index contributed by atoms with van der Waals surface area (Å²) in [6.07, 6.45) is 5.73. The molecule has 1 aromatic carbocycles. The van der Waals surface area contributed by atoms with E-state index in [0.29, 0.717) is 12.0 Å². The van der Waals surface area contributed by atoms with Gasteiger partial charge in [-0.2, -0.15) is 0 Å². The molecule has 2 aliphatic rings. The van der Waals surface area contributed by atoms with E-state index in [2.05, 4.69) is 10.6 Å². The molecule has 0 radical (unpaired) electrons. The van der Waals surface area contributed by atoms with E-state index in [1.165, 1.54) is 6.42 Å². The minimum absolute atomic E-state index is 0.00678. The maximum Gasteiger partial charge on any atom is 0.251 e. The van der Waals surface area contributed by atoms with Gasteiger partial charge in [-0.15, -0.1) is 0 Å². The number of amides is 3. The molecule has 6 heteroatoms. The van der Waals surface area contributed by atoms with Gasteiger partial charge in [-0.25, -0.2) is 0 Å². The summed E-state index contributed by atoms with van der Waals surface area (Å²) in [5.74, 6) is -0.197. The molecule has 1 saturated heterocycles. The molecule has 0 bridgehead atoms. The largest absolute Gasteiger partial charge is 0.352 e. The van der Waals surface area contributed by atoms with Crippen molar-refractivity contribution in [2.24, 2.45) is 5.92 Å². The topological polar surface area (TPSA) is 78.5 Å². The van der Waals surface area contributed by atoms with Crippen LogP contribution in [0.5, 0.6) is 0 Å². The summed E-state index contributed by atoms with van der Waals surface area (Å²) >= 11 is 0. The molecule has 6 nitrogen and oxygen atoms in total. The highest BCUT2D eigenvalue weighted by Gasteiger charge is 2.34. The van der Waals surface area contributed by atoms with Crippen molar-refractivity contribution in [2.45, 2.75) is 57.5 Å². The van der Waals surface area contributed by atoms with Gasteiger partial charge in [0, 0.05) is 30.6 Å². The quantitative estimate of drug-likeness (QED) is 0.832. The minimum atomic E-state index is -0.616. The van der Waals surface area contributed by atoms with Gasteiger partial charge in [0.1, 0.15) is 6.04 Å². The number of carbonyl (C=O) groups excluding carboxylic acids is 3. The lowest BCUT2D eigenvalue weighted by atomic mass is 10.0. The molecule has 1 aromatic rings. The molecule has 27 heavy (non-hydrogen) atoms. The Balaban J connectivity index is 1.45. The predicted octanol–water partition coefficient (Wildman–Crippen LogP) is 2.10. The lowest BCUT2D eigenvalue weighted by molar-refractivity contribution is -0.136. The van der Waals surface area contributed by atoms with Gasteiger partial charge < -0.3 is 15.5 Å². The summed E-state index contributed by atoms with van der Waals surface area (Å²) in [5.41, 5.74) is 0.533. The van der Waals surface area contributed by atoms with Crippen molar-refractivity contribution in [3.63, 3.8) is 0 Å². The molecule has 1 unspecified atom stereocenters. The molecule has 1 saturated carbocycles. The molecule has 1 aliphatic carbocycles. The number of piperidine rings is 1. The second-order valence-electron chi connectivity index (χ2n) is 7.66. The molecular weight excluding hydrogens is 342 g/mol. The summed E-state index contributed by atoms with van der Waals surface area (Å²) < 4.78 is 0. The first kappa shape index (κ1) is 19.4. The third-order valence-corrected chi connectivity index (χ3v) is 5.57. The van der Waals surface area contributed by atoms with Crippen LogP contribution in [0.4, 0.5) is 0 Å². The fraction of sp³-hybridized carbons (Fsp3) is 0.571. The molecule has 3 atom stereocenters. The van der Waals surface area contributed by atoms with Crippen LogP contribution in [-0.4, -0.2) is 47.8 Å². The van der Waals surface area contributed by atoms with E-state index >= 15 is 0 Å². The molecule has 1 heterocycles. The second kappa shape index (κ2) is 9.02. The third kappa shape index (κ3) is 5.08. The van der Waals surface area contributed by atoms with Crippen LogP contribution < -0.4 is 10.6 Å². The summed E-state index contributed by atoms with van der Waals surface area (Å²) in [5, 5.41) is 5.73. The Kier molecular flexibility index (Phi) is 6.48. The molecule has 1 aliphatic heterocycles. The van der Waals surface area contributed by atoms with E-state index in [1.54, 1.807) is 31.2 Å². The van der Waals surface area contributed by atoms with Crippen molar-refractivity contribution >= 4 is 17.7 Å². The first-order valence-corrected chi connectivity index (χ1v) is 9.99. The first-order chi connectivity index (χ1) is 13.0. The van der Waals surface area contributed by atoms with Crippen LogP contribution in [0.3, 0.4) is 0 Å². The van der Waals surface area contributed by atoms with Gasteiger partial charge >= 0.3 is 0 Å². The number of hydrogen-bond acceptors (Lipinski definition) is 3. The molecule has 2 fully saturated rings. The molecule has 146 valence electrons. The zero-order chi connectivity index (χ0) is 19.2. The fourth-order valence-electron chi connectivity index (χ4n) is 3.97. The van der Waals surface area contributed by atoms with Gasteiger partial charge in [0.15, 0.2) is 0 Å². The monoisotopic (exact) mass is 371 g/mol. The number of benzene rings is 1. The maximum atomic E-state index is 12.6.